The van der Waals surface area contributed by atoms with Crippen molar-refractivity contribution in [2.24, 2.45) is 0 Å². The number of piperazine rings is 1. The Labute approximate surface area is 205 Å². The van der Waals surface area contributed by atoms with Crippen molar-refractivity contribution in [2.45, 2.75) is 0 Å². The second kappa shape index (κ2) is 9.58. The molecule has 0 radical (unpaired) electrons. The minimum atomic E-state index is -0.441. The quantitative estimate of drug-likeness (QED) is 0.298. The lowest BCUT2D eigenvalue weighted by Crippen LogP contribution is -2.47. The number of ether oxygens (including phenoxy) is 2. The average molecular weight is 494 g/mol. The van der Waals surface area contributed by atoms with Crippen LogP contribution in [0.2, 0.25) is 0 Å². The Kier molecular flexibility index (Phi) is 6.19. The topological polar surface area (TPSA) is 119 Å². The molecule has 0 unspecified atom stereocenters. The molecule has 1 fully saturated rings. The lowest BCUT2D eigenvalue weighted by molar-refractivity contribution is -0.383. The van der Waals surface area contributed by atoms with Crippen molar-refractivity contribution in [1.82, 2.24) is 15.0 Å². The van der Waals surface area contributed by atoms with Crippen LogP contribution in [-0.4, -0.2) is 60.3 Å². The van der Waals surface area contributed by atoms with Gasteiger partial charge in [0.2, 0.25) is 11.6 Å². The van der Waals surface area contributed by atoms with Gasteiger partial charge in [0.05, 0.1) is 29.4 Å². The van der Waals surface area contributed by atoms with Gasteiger partial charge in [-0.25, -0.2) is 15.0 Å². The molecule has 5 rings (SSSR count). The molecule has 2 aromatic heterocycles. The summed E-state index contributed by atoms with van der Waals surface area (Å²) in [5.74, 6) is 1.93. The molecule has 0 amide bonds. The van der Waals surface area contributed by atoms with E-state index in [-0.39, 0.29) is 11.5 Å². The highest BCUT2D eigenvalue weighted by atomic mass is 32.1. The number of nitrogens with zero attached hydrogens (tertiary/aromatic N) is 6. The van der Waals surface area contributed by atoms with Crippen LogP contribution in [0.4, 0.5) is 28.1 Å². The lowest BCUT2D eigenvalue weighted by atomic mass is 10.2. The zero-order chi connectivity index (χ0) is 24.4. The molecule has 1 N–H and O–H groups in total. The molecule has 35 heavy (non-hydrogen) atoms. The van der Waals surface area contributed by atoms with E-state index in [1.165, 1.54) is 17.7 Å². The maximum atomic E-state index is 12.1. The van der Waals surface area contributed by atoms with E-state index in [9.17, 15) is 10.1 Å². The number of nitro groups is 1. The van der Waals surface area contributed by atoms with E-state index in [1.54, 1.807) is 14.2 Å². The number of rotatable bonds is 7. The van der Waals surface area contributed by atoms with Crippen LogP contribution in [0.5, 0.6) is 11.5 Å². The number of methoxy groups -OCH3 is 2. The van der Waals surface area contributed by atoms with Crippen molar-refractivity contribution in [2.75, 3.05) is 55.5 Å². The van der Waals surface area contributed by atoms with Gasteiger partial charge in [0.1, 0.15) is 17.8 Å². The molecule has 0 spiro atoms. The van der Waals surface area contributed by atoms with Crippen LogP contribution < -0.4 is 24.6 Å². The van der Waals surface area contributed by atoms with Gasteiger partial charge in [-0.15, -0.1) is 0 Å². The first kappa shape index (κ1) is 22.6. The highest BCUT2D eigenvalue weighted by Crippen LogP contribution is 2.37. The minimum Gasteiger partial charge on any atom is -0.497 e. The summed E-state index contributed by atoms with van der Waals surface area (Å²) in [6.45, 7) is 2.58. The van der Waals surface area contributed by atoms with E-state index >= 15 is 0 Å². The molecule has 0 atom stereocenters. The second-order valence-electron chi connectivity index (χ2n) is 7.80. The SMILES string of the molecule is COc1ccc(N2CCN(c3ncnc(Nc4nc5ccc(OC)cc5s4)c3[N+](=O)[O-])CC2)cc1. The van der Waals surface area contributed by atoms with Gasteiger partial charge in [-0.1, -0.05) is 11.3 Å². The number of nitrogens with one attached hydrogen (secondary N) is 1. The Morgan fingerprint density at radius 1 is 0.971 bits per heavy atom. The third-order valence-corrected chi connectivity index (χ3v) is 6.76. The van der Waals surface area contributed by atoms with E-state index in [1.807, 2.05) is 47.4 Å². The fraction of sp³-hybridized carbons (Fsp3) is 0.261. The van der Waals surface area contributed by atoms with E-state index in [2.05, 4.69) is 25.2 Å². The predicted molar refractivity (Wildman–Crippen MR) is 136 cm³/mol. The van der Waals surface area contributed by atoms with Gasteiger partial charge < -0.3 is 24.6 Å². The summed E-state index contributed by atoms with van der Waals surface area (Å²) in [5.41, 5.74) is 1.68. The third-order valence-electron chi connectivity index (χ3n) is 5.82. The third kappa shape index (κ3) is 4.60. The molecular weight excluding hydrogens is 470 g/mol. The van der Waals surface area contributed by atoms with Crippen molar-refractivity contribution >= 4 is 49.7 Å². The fourth-order valence-electron chi connectivity index (χ4n) is 4.02. The molecule has 12 heteroatoms. The van der Waals surface area contributed by atoms with Gasteiger partial charge in [-0.3, -0.25) is 10.1 Å². The Hall–Kier alpha value is -4.19. The van der Waals surface area contributed by atoms with E-state index in [4.69, 9.17) is 9.47 Å². The van der Waals surface area contributed by atoms with Crippen LogP contribution in [0, 0.1) is 10.1 Å². The average Bonchev–Trinajstić information content (AvgIpc) is 3.30. The summed E-state index contributed by atoms with van der Waals surface area (Å²) >= 11 is 1.37. The highest BCUT2D eigenvalue weighted by molar-refractivity contribution is 7.22. The fourth-order valence-corrected chi connectivity index (χ4v) is 4.91. The first-order chi connectivity index (χ1) is 17.1. The molecule has 180 valence electrons. The maximum Gasteiger partial charge on any atom is 0.353 e. The summed E-state index contributed by atoms with van der Waals surface area (Å²) in [6, 6.07) is 13.4. The van der Waals surface area contributed by atoms with Gasteiger partial charge in [0.25, 0.3) is 0 Å². The van der Waals surface area contributed by atoms with Crippen molar-refractivity contribution in [1.29, 1.82) is 0 Å². The summed E-state index contributed by atoms with van der Waals surface area (Å²) in [5, 5.41) is 15.6. The molecule has 1 aliphatic heterocycles. The van der Waals surface area contributed by atoms with Crippen LogP contribution in [-0.2, 0) is 0 Å². The second-order valence-corrected chi connectivity index (χ2v) is 8.83. The Bertz CT molecular complexity index is 1350. The minimum absolute atomic E-state index is 0.114. The first-order valence-electron chi connectivity index (χ1n) is 10.9. The van der Waals surface area contributed by atoms with E-state index < -0.39 is 4.92 Å². The molecule has 2 aromatic carbocycles. The Morgan fingerprint density at radius 2 is 1.66 bits per heavy atom. The molecular formula is C23H23N7O4S. The standard InChI is InChI=1S/C23H23N7O4S/c1-33-16-5-3-15(4-6-16)28-9-11-29(12-10-28)22-20(30(31)32)21(24-14-25-22)27-23-26-18-8-7-17(34-2)13-19(18)35-23/h3-8,13-14H,9-12H2,1-2H3,(H,24,25,26,27). The van der Waals surface area contributed by atoms with Crippen molar-refractivity contribution in [3.05, 3.63) is 58.9 Å². The lowest BCUT2D eigenvalue weighted by Gasteiger charge is -2.36. The molecule has 0 aliphatic carbocycles. The van der Waals surface area contributed by atoms with Crippen molar-refractivity contribution in [3.8, 4) is 11.5 Å². The summed E-state index contributed by atoms with van der Waals surface area (Å²) < 4.78 is 11.4. The number of fused-ring (bicyclic) bond motifs is 1. The zero-order valence-electron chi connectivity index (χ0n) is 19.2. The zero-order valence-corrected chi connectivity index (χ0v) is 20.0. The van der Waals surface area contributed by atoms with Crippen molar-refractivity contribution < 1.29 is 14.4 Å². The van der Waals surface area contributed by atoms with Crippen molar-refractivity contribution in [3.63, 3.8) is 0 Å². The maximum absolute atomic E-state index is 12.1. The van der Waals surface area contributed by atoms with Gasteiger partial charge in [-0.2, -0.15) is 0 Å². The smallest absolute Gasteiger partial charge is 0.353 e. The van der Waals surface area contributed by atoms with Crippen LogP contribution >= 0.6 is 11.3 Å². The molecule has 1 saturated heterocycles. The number of anilines is 4. The molecule has 3 heterocycles. The van der Waals surface area contributed by atoms with E-state index in [0.29, 0.717) is 37.1 Å². The normalized spacial score (nSPS) is 13.7. The van der Waals surface area contributed by atoms with Crippen LogP contribution in [0.15, 0.2) is 48.8 Å². The molecule has 0 saturated carbocycles. The number of hydrogen-bond acceptors (Lipinski definition) is 11. The van der Waals surface area contributed by atoms with Gasteiger partial charge >= 0.3 is 5.69 Å². The largest absolute Gasteiger partial charge is 0.497 e. The number of thiazole rings is 1. The first-order valence-corrected chi connectivity index (χ1v) is 11.7. The van der Waals surface area contributed by atoms with Gasteiger partial charge in [0.15, 0.2) is 5.13 Å². The van der Waals surface area contributed by atoms with Crippen LogP contribution in [0.3, 0.4) is 0 Å². The Balaban J connectivity index is 1.36. The monoisotopic (exact) mass is 493 g/mol. The van der Waals surface area contributed by atoms with Gasteiger partial charge in [-0.05, 0) is 42.5 Å². The number of benzene rings is 2. The summed E-state index contributed by atoms with van der Waals surface area (Å²) in [7, 11) is 3.24. The van der Waals surface area contributed by atoms with Crippen LogP contribution in [0.1, 0.15) is 0 Å². The number of aromatic nitrogens is 3. The highest BCUT2D eigenvalue weighted by Gasteiger charge is 2.30. The Morgan fingerprint density at radius 3 is 2.34 bits per heavy atom. The predicted octanol–water partition coefficient (Wildman–Crippen LogP) is 4.08. The number of hydrogen-bond donors (Lipinski definition) is 1. The van der Waals surface area contributed by atoms with E-state index in [0.717, 1.165) is 27.4 Å². The summed E-state index contributed by atoms with van der Waals surface area (Å²) in [4.78, 5) is 28.8. The molecule has 11 nitrogen and oxygen atoms in total. The van der Waals surface area contributed by atoms with Gasteiger partial charge in [0, 0.05) is 31.9 Å². The molecule has 4 aromatic rings. The molecule has 0 bridgehead atoms. The molecule has 1 aliphatic rings. The summed E-state index contributed by atoms with van der Waals surface area (Å²) in [6.07, 6.45) is 1.34. The van der Waals surface area contributed by atoms with Crippen LogP contribution in [0.25, 0.3) is 10.2 Å².